The van der Waals surface area contributed by atoms with Crippen LogP contribution in [0.1, 0.15) is 39.5 Å². The molecule has 0 bridgehead atoms. The average Bonchev–Trinajstić information content (AvgIpc) is 2.54. The van der Waals surface area contributed by atoms with Crippen LogP contribution in [0.4, 0.5) is 5.69 Å². The molecule has 0 aromatic heterocycles. The van der Waals surface area contributed by atoms with Crippen molar-refractivity contribution in [3.63, 3.8) is 0 Å². The first-order valence-corrected chi connectivity index (χ1v) is 7.73. The molecule has 0 heterocycles. The highest BCUT2D eigenvalue weighted by atomic mass is 16.2. The Morgan fingerprint density at radius 2 is 1.43 bits per heavy atom. The fourth-order valence-corrected chi connectivity index (χ4v) is 2.06. The maximum Gasteiger partial charge on any atom is 0.316 e. The third-order valence-corrected chi connectivity index (χ3v) is 3.48. The summed E-state index contributed by atoms with van der Waals surface area (Å²) in [5, 5.41) is 0. The number of unbranched alkanes of at least 4 members (excludes halogenated alkanes) is 2. The lowest BCUT2D eigenvalue weighted by Gasteiger charge is -2.24. The van der Waals surface area contributed by atoms with Crippen molar-refractivity contribution in [3.05, 3.63) is 30.3 Å². The molecule has 0 saturated carbocycles. The molecule has 0 N–H and O–H groups in total. The van der Waals surface area contributed by atoms with Gasteiger partial charge in [-0.15, -0.1) is 0 Å². The summed E-state index contributed by atoms with van der Waals surface area (Å²) in [4.78, 5) is 27.9. The minimum absolute atomic E-state index is 0.400. The first-order chi connectivity index (χ1) is 10.1. The van der Waals surface area contributed by atoms with E-state index in [4.69, 9.17) is 0 Å². The SMILES string of the molecule is CCCCN(CCCC)C(=O)C(=O)N(C)c1ccccc1. The van der Waals surface area contributed by atoms with Gasteiger partial charge in [-0.1, -0.05) is 44.9 Å². The zero-order valence-electron chi connectivity index (χ0n) is 13.3. The van der Waals surface area contributed by atoms with E-state index >= 15 is 0 Å². The van der Waals surface area contributed by atoms with Crippen LogP contribution in [0.2, 0.25) is 0 Å². The molecule has 0 aliphatic heterocycles. The Kier molecular flexibility index (Phi) is 7.51. The molecule has 0 aliphatic carbocycles. The summed E-state index contributed by atoms with van der Waals surface area (Å²) in [5.74, 6) is -0.864. The molecule has 1 aromatic carbocycles. The van der Waals surface area contributed by atoms with Crippen LogP contribution in [-0.2, 0) is 9.59 Å². The van der Waals surface area contributed by atoms with Gasteiger partial charge >= 0.3 is 11.8 Å². The van der Waals surface area contributed by atoms with Crippen molar-refractivity contribution in [2.45, 2.75) is 39.5 Å². The maximum absolute atomic E-state index is 12.4. The predicted molar refractivity (Wildman–Crippen MR) is 86.2 cm³/mol. The Bertz CT molecular complexity index is 437. The molecule has 21 heavy (non-hydrogen) atoms. The topological polar surface area (TPSA) is 40.6 Å². The van der Waals surface area contributed by atoms with Crippen molar-refractivity contribution in [3.8, 4) is 0 Å². The molecular weight excluding hydrogens is 264 g/mol. The van der Waals surface area contributed by atoms with Crippen molar-refractivity contribution in [2.24, 2.45) is 0 Å². The zero-order chi connectivity index (χ0) is 15.7. The van der Waals surface area contributed by atoms with E-state index in [-0.39, 0.29) is 0 Å². The molecule has 0 fully saturated rings. The molecule has 0 saturated heterocycles. The van der Waals surface area contributed by atoms with Crippen LogP contribution < -0.4 is 4.90 Å². The smallest absolute Gasteiger partial charge is 0.316 e. The fraction of sp³-hybridized carbons (Fsp3) is 0.529. The molecule has 116 valence electrons. The second kappa shape index (κ2) is 9.16. The lowest BCUT2D eigenvalue weighted by molar-refractivity contribution is -0.144. The van der Waals surface area contributed by atoms with Crippen LogP contribution in [0.15, 0.2) is 30.3 Å². The van der Waals surface area contributed by atoms with Gasteiger partial charge in [-0.2, -0.15) is 0 Å². The van der Waals surface area contributed by atoms with E-state index in [0.29, 0.717) is 13.1 Å². The van der Waals surface area contributed by atoms with Gasteiger partial charge in [0.05, 0.1) is 0 Å². The third-order valence-electron chi connectivity index (χ3n) is 3.48. The minimum Gasteiger partial charge on any atom is -0.334 e. The van der Waals surface area contributed by atoms with Crippen molar-refractivity contribution >= 4 is 17.5 Å². The summed E-state index contributed by atoms with van der Waals surface area (Å²) in [6.07, 6.45) is 3.88. The van der Waals surface area contributed by atoms with Gasteiger partial charge in [0.15, 0.2) is 0 Å². The van der Waals surface area contributed by atoms with Crippen molar-refractivity contribution < 1.29 is 9.59 Å². The number of hydrogen-bond acceptors (Lipinski definition) is 2. The molecule has 1 aromatic rings. The lowest BCUT2D eigenvalue weighted by atomic mass is 10.2. The van der Waals surface area contributed by atoms with Gasteiger partial charge in [0.2, 0.25) is 0 Å². The van der Waals surface area contributed by atoms with Crippen LogP contribution in [0, 0.1) is 0 Å². The van der Waals surface area contributed by atoms with E-state index in [0.717, 1.165) is 31.4 Å². The molecule has 0 atom stereocenters. The van der Waals surface area contributed by atoms with Gasteiger partial charge in [-0.05, 0) is 25.0 Å². The van der Waals surface area contributed by atoms with Gasteiger partial charge in [0, 0.05) is 25.8 Å². The van der Waals surface area contributed by atoms with Crippen molar-refractivity contribution in [1.29, 1.82) is 0 Å². The number of hydrogen-bond donors (Lipinski definition) is 0. The Balaban J connectivity index is 2.74. The number of rotatable bonds is 7. The fourth-order valence-electron chi connectivity index (χ4n) is 2.06. The van der Waals surface area contributed by atoms with E-state index < -0.39 is 11.8 Å². The molecule has 1 rings (SSSR count). The molecular formula is C17H26N2O2. The van der Waals surface area contributed by atoms with Gasteiger partial charge in [0.25, 0.3) is 0 Å². The van der Waals surface area contributed by atoms with Crippen LogP contribution in [0.3, 0.4) is 0 Å². The van der Waals surface area contributed by atoms with Crippen LogP contribution in [-0.4, -0.2) is 36.9 Å². The van der Waals surface area contributed by atoms with E-state index in [1.807, 2.05) is 30.3 Å². The quantitative estimate of drug-likeness (QED) is 0.724. The highest BCUT2D eigenvalue weighted by Gasteiger charge is 2.25. The number of benzene rings is 1. The first kappa shape index (κ1) is 17.2. The van der Waals surface area contributed by atoms with Crippen molar-refractivity contribution in [2.75, 3.05) is 25.0 Å². The molecule has 0 radical (unpaired) electrons. The van der Waals surface area contributed by atoms with Gasteiger partial charge < -0.3 is 9.80 Å². The van der Waals surface area contributed by atoms with Crippen LogP contribution in [0.25, 0.3) is 0 Å². The Morgan fingerprint density at radius 3 is 1.90 bits per heavy atom. The predicted octanol–water partition coefficient (Wildman–Crippen LogP) is 3.08. The first-order valence-electron chi connectivity index (χ1n) is 7.73. The number of nitrogens with zero attached hydrogens (tertiary/aromatic N) is 2. The summed E-state index contributed by atoms with van der Waals surface area (Å²) < 4.78 is 0. The Hall–Kier alpha value is -1.84. The maximum atomic E-state index is 12.4. The molecule has 0 aliphatic rings. The highest BCUT2D eigenvalue weighted by molar-refractivity contribution is 6.40. The normalized spacial score (nSPS) is 10.2. The van der Waals surface area contributed by atoms with Gasteiger partial charge in [-0.25, -0.2) is 0 Å². The third kappa shape index (κ3) is 5.21. The number of carbonyl (C=O) groups is 2. The van der Waals surface area contributed by atoms with E-state index in [2.05, 4.69) is 13.8 Å². The largest absolute Gasteiger partial charge is 0.334 e. The van der Waals surface area contributed by atoms with Gasteiger partial charge in [-0.3, -0.25) is 9.59 Å². The summed E-state index contributed by atoms with van der Waals surface area (Å²) in [6, 6.07) is 9.25. The van der Waals surface area contributed by atoms with Crippen LogP contribution in [0.5, 0.6) is 0 Å². The van der Waals surface area contributed by atoms with Gasteiger partial charge in [0.1, 0.15) is 0 Å². The molecule has 2 amide bonds. The Labute approximate surface area is 127 Å². The van der Waals surface area contributed by atoms with E-state index in [9.17, 15) is 9.59 Å². The molecule has 4 nitrogen and oxygen atoms in total. The number of anilines is 1. The molecule has 0 spiro atoms. The standard InChI is InChI=1S/C17H26N2O2/c1-4-6-13-19(14-7-5-2)17(21)16(20)18(3)15-11-9-8-10-12-15/h8-12H,4-7,13-14H2,1-3H3. The summed E-state index contributed by atoms with van der Waals surface area (Å²) in [5.41, 5.74) is 0.738. The second-order valence-corrected chi connectivity index (χ2v) is 5.20. The highest BCUT2D eigenvalue weighted by Crippen LogP contribution is 2.12. The minimum atomic E-state index is -0.464. The number of likely N-dealkylation sites (N-methyl/N-ethyl adjacent to an activating group) is 1. The van der Waals surface area contributed by atoms with E-state index in [1.54, 1.807) is 11.9 Å². The summed E-state index contributed by atoms with van der Waals surface area (Å²) in [6.45, 7) is 5.48. The summed E-state index contributed by atoms with van der Waals surface area (Å²) in [7, 11) is 1.65. The Morgan fingerprint density at radius 1 is 0.905 bits per heavy atom. The molecule has 0 unspecified atom stereocenters. The monoisotopic (exact) mass is 290 g/mol. The number of amides is 2. The average molecular weight is 290 g/mol. The molecule has 4 heteroatoms. The number of para-hydroxylation sites is 1. The second-order valence-electron chi connectivity index (χ2n) is 5.20. The van der Waals surface area contributed by atoms with Crippen molar-refractivity contribution in [1.82, 2.24) is 4.90 Å². The van der Waals surface area contributed by atoms with E-state index in [1.165, 1.54) is 4.90 Å². The zero-order valence-corrected chi connectivity index (χ0v) is 13.3. The summed E-state index contributed by atoms with van der Waals surface area (Å²) >= 11 is 0. The number of carbonyl (C=O) groups excluding carboxylic acids is 2. The van der Waals surface area contributed by atoms with Crippen LogP contribution >= 0.6 is 0 Å². The lowest BCUT2D eigenvalue weighted by Crippen LogP contribution is -2.44.